The second kappa shape index (κ2) is 6.81. The number of carbonyl (C=O) groups is 2. The van der Waals surface area contributed by atoms with Crippen LogP contribution in [0, 0.1) is 5.92 Å². The summed E-state index contributed by atoms with van der Waals surface area (Å²) in [6.07, 6.45) is -0.435. The van der Waals surface area contributed by atoms with Crippen LogP contribution < -0.4 is 0 Å². The molecular formula is C13H16O4. The minimum atomic E-state index is -1.09. The Morgan fingerprint density at radius 2 is 1.94 bits per heavy atom. The molecule has 0 amide bonds. The summed E-state index contributed by atoms with van der Waals surface area (Å²) in [5.74, 6) is -1.77. The molecule has 0 aromatic heterocycles. The number of Topliss-reactive ketones (excluding diaryl/α,β-unsaturated/α-hetero) is 1. The summed E-state index contributed by atoms with van der Waals surface area (Å²) in [7, 11) is 0. The van der Waals surface area contributed by atoms with Crippen LogP contribution in [0.5, 0.6) is 0 Å². The van der Waals surface area contributed by atoms with E-state index in [0.29, 0.717) is 6.61 Å². The number of carboxylic acids is 1. The molecule has 17 heavy (non-hydrogen) atoms. The summed E-state index contributed by atoms with van der Waals surface area (Å²) < 4.78 is 5.37. The molecule has 92 valence electrons. The van der Waals surface area contributed by atoms with Crippen molar-refractivity contribution in [3.8, 4) is 0 Å². The van der Waals surface area contributed by atoms with Gasteiger partial charge in [0.15, 0.2) is 0 Å². The predicted octanol–water partition coefficient (Wildman–Crippen LogP) is 1.88. The first-order valence-electron chi connectivity index (χ1n) is 5.45. The van der Waals surface area contributed by atoms with Crippen LogP contribution in [0.4, 0.5) is 0 Å². The number of carboxylic acid groups (broad SMARTS) is 1. The molecule has 0 aliphatic heterocycles. The van der Waals surface area contributed by atoms with Crippen LogP contribution in [0.2, 0.25) is 0 Å². The molecule has 1 aromatic carbocycles. The van der Waals surface area contributed by atoms with Crippen molar-refractivity contribution in [1.29, 1.82) is 0 Å². The van der Waals surface area contributed by atoms with Gasteiger partial charge in [-0.3, -0.25) is 9.59 Å². The Bertz CT molecular complexity index is 372. The van der Waals surface area contributed by atoms with Gasteiger partial charge in [0.2, 0.25) is 0 Å². The molecule has 0 radical (unpaired) electrons. The van der Waals surface area contributed by atoms with E-state index < -0.39 is 12.4 Å². The number of hydrogen-bond donors (Lipinski definition) is 1. The van der Waals surface area contributed by atoms with Crippen LogP contribution >= 0.6 is 0 Å². The lowest BCUT2D eigenvalue weighted by molar-refractivity contribution is -0.141. The molecule has 1 aromatic rings. The van der Waals surface area contributed by atoms with E-state index in [1.54, 1.807) is 6.92 Å². The summed E-state index contributed by atoms with van der Waals surface area (Å²) in [6.45, 7) is 2.36. The third-order valence-electron chi connectivity index (χ3n) is 2.35. The largest absolute Gasteiger partial charge is 0.481 e. The van der Waals surface area contributed by atoms with E-state index in [9.17, 15) is 9.59 Å². The molecule has 0 fully saturated rings. The highest BCUT2D eigenvalue weighted by molar-refractivity contribution is 5.95. The number of aliphatic carboxylic acids is 1. The topological polar surface area (TPSA) is 63.6 Å². The van der Waals surface area contributed by atoms with Crippen molar-refractivity contribution in [2.24, 2.45) is 5.92 Å². The molecule has 4 heteroatoms. The van der Waals surface area contributed by atoms with Crippen LogP contribution in [0.15, 0.2) is 30.3 Å². The van der Waals surface area contributed by atoms with Gasteiger partial charge in [0, 0.05) is 5.92 Å². The van der Waals surface area contributed by atoms with Gasteiger partial charge in [-0.25, -0.2) is 0 Å². The highest BCUT2D eigenvalue weighted by Crippen LogP contribution is 2.05. The molecule has 1 rings (SSSR count). The Balaban J connectivity index is 2.27. The Morgan fingerprint density at radius 1 is 1.29 bits per heavy atom. The average molecular weight is 236 g/mol. The van der Waals surface area contributed by atoms with Crippen molar-refractivity contribution in [2.75, 3.05) is 6.61 Å². The number of ketones is 1. The lowest BCUT2D eigenvalue weighted by atomic mass is 10.1. The first kappa shape index (κ1) is 13.4. The van der Waals surface area contributed by atoms with Crippen molar-refractivity contribution in [1.82, 2.24) is 0 Å². The van der Waals surface area contributed by atoms with Crippen molar-refractivity contribution >= 4 is 11.8 Å². The predicted molar refractivity (Wildman–Crippen MR) is 62.5 cm³/mol. The third kappa shape index (κ3) is 5.26. The fourth-order valence-electron chi connectivity index (χ4n) is 1.34. The van der Waals surface area contributed by atoms with Gasteiger partial charge in [0.25, 0.3) is 0 Å². The molecule has 0 aliphatic carbocycles. The lowest BCUT2D eigenvalue weighted by Crippen LogP contribution is -2.19. The SMILES string of the molecule is CC(COCc1ccccc1)C(=O)CC(=O)O. The Morgan fingerprint density at radius 3 is 2.53 bits per heavy atom. The molecule has 0 aliphatic rings. The Labute approximate surface area is 100 Å². The van der Waals surface area contributed by atoms with E-state index >= 15 is 0 Å². The second-order valence-corrected chi connectivity index (χ2v) is 3.94. The zero-order chi connectivity index (χ0) is 12.7. The summed E-state index contributed by atoms with van der Waals surface area (Å²) in [4.78, 5) is 21.7. The van der Waals surface area contributed by atoms with Gasteiger partial charge in [-0.2, -0.15) is 0 Å². The van der Waals surface area contributed by atoms with Crippen LogP contribution in [-0.4, -0.2) is 23.5 Å². The van der Waals surface area contributed by atoms with Gasteiger partial charge >= 0.3 is 5.97 Å². The Hall–Kier alpha value is -1.68. The third-order valence-corrected chi connectivity index (χ3v) is 2.35. The molecule has 1 atom stereocenters. The first-order chi connectivity index (χ1) is 8.09. The summed E-state index contributed by atoms with van der Waals surface area (Å²) in [5, 5.41) is 8.47. The molecule has 1 N–H and O–H groups in total. The van der Waals surface area contributed by atoms with Crippen molar-refractivity contribution in [2.45, 2.75) is 20.0 Å². The van der Waals surface area contributed by atoms with Crippen molar-refractivity contribution in [3.05, 3.63) is 35.9 Å². The number of hydrogen-bond acceptors (Lipinski definition) is 3. The maximum absolute atomic E-state index is 11.3. The van der Waals surface area contributed by atoms with E-state index in [1.165, 1.54) is 0 Å². The van der Waals surface area contributed by atoms with Crippen molar-refractivity contribution in [3.63, 3.8) is 0 Å². The van der Waals surface area contributed by atoms with Crippen molar-refractivity contribution < 1.29 is 19.4 Å². The molecule has 1 unspecified atom stereocenters. The normalized spacial score (nSPS) is 12.1. The van der Waals surface area contributed by atoms with Gasteiger partial charge in [0.05, 0.1) is 13.2 Å². The van der Waals surface area contributed by atoms with E-state index in [1.807, 2.05) is 30.3 Å². The van der Waals surface area contributed by atoms with Gasteiger partial charge in [-0.05, 0) is 5.56 Å². The molecule has 0 bridgehead atoms. The maximum Gasteiger partial charge on any atom is 0.310 e. The average Bonchev–Trinajstić information content (AvgIpc) is 2.29. The van der Waals surface area contributed by atoms with E-state index in [4.69, 9.17) is 9.84 Å². The fraction of sp³-hybridized carbons (Fsp3) is 0.385. The molecule has 0 saturated heterocycles. The van der Waals surface area contributed by atoms with Crippen LogP contribution in [0.1, 0.15) is 18.9 Å². The van der Waals surface area contributed by atoms with Crippen LogP contribution in [0.25, 0.3) is 0 Å². The highest BCUT2D eigenvalue weighted by Gasteiger charge is 2.16. The summed E-state index contributed by atoms with van der Waals surface area (Å²) in [6, 6.07) is 9.62. The Kier molecular flexibility index (Phi) is 5.36. The smallest absolute Gasteiger partial charge is 0.310 e. The highest BCUT2D eigenvalue weighted by atomic mass is 16.5. The lowest BCUT2D eigenvalue weighted by Gasteiger charge is -2.09. The van der Waals surface area contributed by atoms with E-state index in [2.05, 4.69) is 0 Å². The molecule has 0 spiro atoms. The van der Waals surface area contributed by atoms with Gasteiger partial charge in [0.1, 0.15) is 12.2 Å². The zero-order valence-corrected chi connectivity index (χ0v) is 9.76. The van der Waals surface area contributed by atoms with E-state index in [0.717, 1.165) is 5.56 Å². The monoisotopic (exact) mass is 236 g/mol. The minimum Gasteiger partial charge on any atom is -0.481 e. The maximum atomic E-state index is 11.3. The first-order valence-corrected chi connectivity index (χ1v) is 5.45. The zero-order valence-electron chi connectivity index (χ0n) is 9.76. The second-order valence-electron chi connectivity index (χ2n) is 3.94. The number of carbonyl (C=O) groups excluding carboxylic acids is 1. The molecule has 4 nitrogen and oxygen atoms in total. The molecule has 0 heterocycles. The number of rotatable bonds is 7. The van der Waals surface area contributed by atoms with Crippen LogP contribution in [0.3, 0.4) is 0 Å². The molecule has 0 saturated carbocycles. The van der Waals surface area contributed by atoms with Gasteiger partial charge < -0.3 is 9.84 Å². The summed E-state index contributed by atoms with van der Waals surface area (Å²) >= 11 is 0. The van der Waals surface area contributed by atoms with Gasteiger partial charge in [-0.15, -0.1) is 0 Å². The molecular weight excluding hydrogens is 220 g/mol. The van der Waals surface area contributed by atoms with Crippen LogP contribution in [-0.2, 0) is 20.9 Å². The minimum absolute atomic E-state index is 0.251. The van der Waals surface area contributed by atoms with E-state index in [-0.39, 0.29) is 18.3 Å². The fourth-order valence-corrected chi connectivity index (χ4v) is 1.34. The quantitative estimate of drug-likeness (QED) is 0.734. The number of ether oxygens (including phenoxy) is 1. The standard InChI is InChI=1S/C13H16O4/c1-10(12(14)7-13(15)16)8-17-9-11-5-3-2-4-6-11/h2-6,10H,7-9H2,1H3,(H,15,16). The number of benzene rings is 1. The van der Waals surface area contributed by atoms with Gasteiger partial charge in [-0.1, -0.05) is 37.3 Å². The summed E-state index contributed by atoms with van der Waals surface area (Å²) in [5.41, 5.74) is 1.03.